The Morgan fingerprint density at radius 3 is 1.38 bits per heavy atom. The second kappa shape index (κ2) is 31.0. The monoisotopic (exact) mass is 1350 g/mol. The molecule has 20 nitrogen and oxygen atoms in total. The number of nitriles is 2. The molecule has 4 fully saturated rings. The van der Waals surface area contributed by atoms with Gasteiger partial charge in [-0.25, -0.2) is 38.7 Å². The van der Waals surface area contributed by atoms with Crippen LogP contribution < -0.4 is 24.9 Å². The van der Waals surface area contributed by atoms with Gasteiger partial charge in [0.2, 0.25) is 0 Å². The topological polar surface area (TPSA) is 240 Å². The number of hydrogen-bond donors (Lipinski definition) is 4. The third-order valence-corrected chi connectivity index (χ3v) is 19.4. The number of imidazole rings is 2. The number of aryl methyl sites for hydroxylation is 2. The Morgan fingerprint density at radius 1 is 0.632 bits per heavy atom. The molecule has 0 bridgehead atoms. The minimum Gasteiger partial charge on any atom is -0.481 e. The number of carboxylic acids is 1. The number of alkyl halides is 1. The van der Waals surface area contributed by atoms with Crippen molar-refractivity contribution in [2.24, 2.45) is 11.8 Å². The molecule has 0 unspecified atom stereocenters. The normalized spacial score (nSPS) is 15.3. The summed E-state index contributed by atoms with van der Waals surface area (Å²) < 4.78 is 46.7. The second-order valence-corrected chi connectivity index (χ2v) is 25.4. The zero-order valence-corrected chi connectivity index (χ0v) is 55.4. The molecule has 0 amide bonds. The number of aliphatic carboxylic acids is 1. The summed E-state index contributed by atoms with van der Waals surface area (Å²) in [7, 11) is 2.85. The average Bonchev–Trinajstić information content (AvgIpc) is 1.61. The molecule has 8 aromatic heterocycles. The molecule has 26 heteroatoms. The van der Waals surface area contributed by atoms with Crippen LogP contribution in [-0.2, 0) is 17.6 Å². The number of halogens is 4. The van der Waals surface area contributed by atoms with Crippen LogP contribution in [0, 0.1) is 46.1 Å². The highest BCUT2D eigenvalue weighted by Gasteiger charge is 2.30. The van der Waals surface area contributed by atoms with Gasteiger partial charge >= 0.3 is 5.97 Å². The van der Waals surface area contributed by atoms with Crippen LogP contribution in [-0.4, -0.2) is 157 Å². The van der Waals surface area contributed by atoms with E-state index >= 15 is 0 Å². The van der Waals surface area contributed by atoms with Crippen molar-refractivity contribution in [2.45, 2.75) is 64.6 Å². The Bertz CT molecular complexity index is 4350. The smallest absolute Gasteiger partial charge is 0.306 e. The summed E-state index contributed by atoms with van der Waals surface area (Å²) in [6.07, 6.45) is 12.7. The van der Waals surface area contributed by atoms with Crippen molar-refractivity contribution in [1.29, 1.82) is 10.5 Å². The first kappa shape index (κ1) is 67.4. The molecular weight excluding hydrogens is 1270 g/mol. The largest absolute Gasteiger partial charge is 0.481 e. The Kier molecular flexibility index (Phi) is 22.0. The number of aliphatic hydroxyl groups excluding tert-OH is 2. The van der Waals surface area contributed by atoms with Gasteiger partial charge in [0, 0.05) is 131 Å². The maximum absolute atomic E-state index is 13.6. The molecule has 0 aliphatic carbocycles. The number of rotatable bonds is 15. The number of β-amino-alcohol motifs (C(OH)–C–C–N with tert-alkyl or cyclic N) is 2. The summed E-state index contributed by atoms with van der Waals surface area (Å²) in [4.78, 5) is 51.9. The lowest BCUT2D eigenvalue weighted by Gasteiger charge is -2.40. The Morgan fingerprint density at radius 2 is 1.03 bits per heavy atom. The quantitative estimate of drug-likeness (QED) is 0.0746. The van der Waals surface area contributed by atoms with Crippen molar-refractivity contribution in [3.05, 3.63) is 155 Å². The third-order valence-electron chi connectivity index (χ3n) is 17.4. The van der Waals surface area contributed by atoms with E-state index < -0.39 is 13.1 Å². The van der Waals surface area contributed by atoms with Crippen LogP contribution in [0.2, 0.25) is 0 Å². The lowest BCUT2D eigenvalue weighted by Crippen LogP contribution is -2.53. The first-order valence-electron chi connectivity index (χ1n) is 31.9. The summed E-state index contributed by atoms with van der Waals surface area (Å²) >= 11 is 2.59. The second-order valence-electron chi connectivity index (χ2n) is 23.5. The van der Waals surface area contributed by atoms with E-state index in [1.165, 1.54) is 46.9 Å². The molecule has 4 N–H and O–H groups in total. The first-order valence-corrected chi connectivity index (χ1v) is 32.8. The van der Waals surface area contributed by atoms with Gasteiger partial charge in [0.05, 0.1) is 38.0 Å². The predicted molar refractivity (Wildman–Crippen MR) is 369 cm³/mol. The fourth-order valence-corrected chi connectivity index (χ4v) is 13.7. The molecule has 95 heavy (non-hydrogen) atoms. The van der Waals surface area contributed by atoms with Crippen molar-refractivity contribution >= 4 is 85.9 Å². The molecular formula is C69H74ClF3N16O4S2. The Labute approximate surface area is 564 Å². The molecule has 0 spiro atoms. The molecule has 4 saturated heterocycles. The number of carbonyl (C=O) groups is 1. The number of aliphatic hydroxyl groups is 2. The molecule has 10 aromatic rings. The van der Waals surface area contributed by atoms with Crippen LogP contribution >= 0.6 is 35.1 Å². The van der Waals surface area contributed by atoms with Crippen LogP contribution in [0.5, 0.6) is 0 Å². The van der Waals surface area contributed by atoms with E-state index in [9.17, 15) is 38.7 Å². The number of anilines is 6. The van der Waals surface area contributed by atoms with Crippen LogP contribution in [0.4, 0.5) is 46.7 Å². The van der Waals surface area contributed by atoms with Crippen molar-refractivity contribution in [2.75, 3.05) is 99.8 Å². The van der Waals surface area contributed by atoms with Gasteiger partial charge in [-0.05, 0) is 142 Å². The molecule has 12 heterocycles. The minimum absolute atomic E-state index is 0. The fourth-order valence-electron chi connectivity index (χ4n) is 12.1. The number of hydrogen-bond acceptors (Lipinski definition) is 19. The van der Waals surface area contributed by atoms with E-state index in [-0.39, 0.29) is 42.2 Å². The van der Waals surface area contributed by atoms with Crippen LogP contribution in [0.3, 0.4) is 0 Å². The van der Waals surface area contributed by atoms with Crippen LogP contribution in [0.1, 0.15) is 62.0 Å². The fraction of sp³-hybridized carbons (Fsp3) is 0.348. The number of thiazole rings is 2. The highest BCUT2D eigenvalue weighted by molar-refractivity contribution is 7.17. The van der Waals surface area contributed by atoms with Gasteiger partial charge < -0.3 is 40.2 Å². The Balaban J connectivity index is 0.000000186. The zero-order valence-electron chi connectivity index (χ0n) is 54.0. The number of aromatic nitrogens is 8. The van der Waals surface area contributed by atoms with E-state index in [4.69, 9.17) is 36.4 Å². The van der Waals surface area contributed by atoms with Gasteiger partial charge in [0.1, 0.15) is 79.5 Å². The minimum atomic E-state index is -1.00. The zero-order chi connectivity index (χ0) is 66.9. The van der Waals surface area contributed by atoms with Crippen molar-refractivity contribution in [3.63, 3.8) is 0 Å². The van der Waals surface area contributed by atoms with E-state index in [1.807, 2.05) is 77.2 Å². The molecule has 14 rings (SSSR count). The third kappa shape index (κ3) is 15.4. The highest BCUT2D eigenvalue weighted by atomic mass is 35.5. The number of pyridine rings is 4. The number of benzene rings is 2. The summed E-state index contributed by atoms with van der Waals surface area (Å²) in [5, 5.41) is 51.1. The van der Waals surface area contributed by atoms with E-state index in [2.05, 4.69) is 74.8 Å². The lowest BCUT2D eigenvalue weighted by molar-refractivity contribution is -0.142. The Hall–Kier alpha value is -9.05. The van der Waals surface area contributed by atoms with Crippen LogP contribution in [0.25, 0.3) is 56.1 Å². The molecule has 0 atom stereocenters. The van der Waals surface area contributed by atoms with Crippen molar-refractivity contribution < 1.29 is 34.7 Å². The summed E-state index contributed by atoms with van der Waals surface area (Å²) in [6.45, 7) is 11.8. The van der Waals surface area contributed by atoms with Crippen LogP contribution in [0.15, 0.2) is 122 Å². The molecule has 494 valence electrons. The molecule has 4 aliphatic heterocycles. The van der Waals surface area contributed by atoms with Gasteiger partial charge in [0.25, 0.3) is 0 Å². The van der Waals surface area contributed by atoms with E-state index in [1.54, 1.807) is 24.3 Å². The SMILES string of the molecule is CCc1nc2ccc(-c3ccc(N4CCC(C(=O)O)CC4)nc3)cn2c1N(C)c1nc(-c2ccc(F)cc2)c(C#N)s1.CCc1nc2ccc(-c3ccc(N4CCC(CN5CC(O)C5)CC4)nc3)cn2c1N(C)c1nc(-c2ccc(F)cc2)c(C#N)s1.Cl.OC1CNC1.[2H]CF. The van der Waals surface area contributed by atoms with Gasteiger partial charge in [-0.1, -0.05) is 36.5 Å². The number of likely N-dealkylation sites (tertiary alicyclic amines) is 1. The maximum atomic E-state index is 13.6. The van der Waals surface area contributed by atoms with Gasteiger partial charge in [-0.15, -0.1) is 12.4 Å². The standard InChI is InChI=1S/C34H35FN8OS.C31H28FN7O2S.C3H7NO.CH3F.ClH/c1-3-28-33(40(2)34-39-32(29(16-36)45-34)23-4-8-26(35)9-5-23)43-19-25(7-11-31(43)38-28)24-6-10-30(37-17-24)42-14-12-22(13-15-42)18-41-20-27(44)21-41;1-3-24-29(37(2)31-36-28(25(16-33)42-31)19-4-8-23(32)9-5-19)39-18-22(7-11-27(39)35-24)21-6-10-26(34-17-21)38-14-12-20(13-15-38)30(40)41;5-3-1-4-2-3;1-2;/h4-11,17,19,22,27,44H,3,12-15,18,20-21H2,1-2H3;4-11,17-18,20H,3,12-15H2,1-2H3,(H,40,41);3-5H,1-2H2;1H3;1H/i;;;1D;. The maximum Gasteiger partial charge on any atom is 0.306 e. The van der Waals surface area contributed by atoms with E-state index in [0.717, 1.165) is 133 Å². The molecule has 2 aromatic carbocycles. The van der Waals surface area contributed by atoms with Crippen molar-refractivity contribution in [3.8, 4) is 56.9 Å². The van der Waals surface area contributed by atoms with Gasteiger partial charge in [-0.2, -0.15) is 10.5 Å². The summed E-state index contributed by atoms with van der Waals surface area (Å²) in [5.41, 5.74) is 9.84. The number of nitrogens with zero attached hydrogens (tertiary/aromatic N) is 15. The van der Waals surface area contributed by atoms with Gasteiger partial charge in [0.15, 0.2) is 10.3 Å². The summed E-state index contributed by atoms with van der Waals surface area (Å²) in [6, 6.07) is 32.9. The number of fused-ring (bicyclic) bond motifs is 2. The number of nitrogens with one attached hydrogen (secondary N) is 1. The predicted octanol–water partition coefficient (Wildman–Crippen LogP) is 11.9. The average molecular weight is 1350 g/mol. The molecule has 0 radical (unpaired) electrons. The summed E-state index contributed by atoms with van der Waals surface area (Å²) in [5.74, 6) is 2.58. The molecule has 0 saturated carbocycles. The first-order chi connectivity index (χ1) is 46.1. The number of carboxylic acid groups (broad SMARTS) is 1. The number of piperidine rings is 2. The highest BCUT2D eigenvalue weighted by Crippen LogP contribution is 2.40. The van der Waals surface area contributed by atoms with Gasteiger partial charge in [-0.3, -0.25) is 22.9 Å². The lowest BCUT2D eigenvalue weighted by atomic mass is 9.94. The van der Waals surface area contributed by atoms with E-state index in [0.29, 0.717) is 80.8 Å². The van der Waals surface area contributed by atoms with Crippen molar-refractivity contribution in [1.82, 2.24) is 48.9 Å². The molecule has 4 aliphatic rings.